The zero-order chi connectivity index (χ0) is 17.5. The molecule has 0 saturated carbocycles. The molecule has 1 atom stereocenters. The minimum Gasteiger partial charge on any atom is -0.469 e. The van der Waals surface area contributed by atoms with Crippen molar-refractivity contribution in [1.29, 1.82) is 0 Å². The predicted molar refractivity (Wildman–Crippen MR) is 85.2 cm³/mol. The van der Waals surface area contributed by atoms with Gasteiger partial charge in [0.05, 0.1) is 13.5 Å². The van der Waals surface area contributed by atoms with E-state index in [0.717, 1.165) is 30.9 Å². The van der Waals surface area contributed by atoms with Crippen molar-refractivity contribution < 1.29 is 23.1 Å². The third-order valence-corrected chi connectivity index (χ3v) is 4.47. The van der Waals surface area contributed by atoms with Gasteiger partial charge < -0.3 is 9.64 Å². The van der Waals surface area contributed by atoms with Crippen LogP contribution in [0.1, 0.15) is 37.7 Å². The van der Waals surface area contributed by atoms with E-state index in [1.54, 1.807) is 11.0 Å². The Morgan fingerprint density at radius 3 is 2.75 bits per heavy atom. The Bertz CT molecular complexity index is 592. The molecule has 4 nitrogen and oxygen atoms in total. The first-order chi connectivity index (χ1) is 11.5. The predicted octanol–water partition coefficient (Wildman–Crippen LogP) is 3.09. The Labute approximate surface area is 140 Å². The highest BCUT2D eigenvalue weighted by molar-refractivity contribution is 5.81. The summed E-state index contributed by atoms with van der Waals surface area (Å²) in [7, 11) is 1.31. The van der Waals surface area contributed by atoms with Crippen LogP contribution in [-0.2, 0) is 20.7 Å². The van der Waals surface area contributed by atoms with Crippen molar-refractivity contribution in [2.75, 3.05) is 20.2 Å². The summed E-state index contributed by atoms with van der Waals surface area (Å²) in [5, 5.41) is 0. The van der Waals surface area contributed by atoms with E-state index in [1.165, 1.54) is 13.2 Å². The molecule has 2 rings (SSSR count). The number of hydrogen-bond donors (Lipinski definition) is 0. The number of piperidine rings is 1. The molecule has 1 aromatic carbocycles. The average molecular weight is 339 g/mol. The number of carbonyl (C=O) groups is 2. The molecular formula is C18H23F2NO3. The molecule has 0 aromatic heterocycles. The first-order valence-electron chi connectivity index (χ1n) is 8.28. The van der Waals surface area contributed by atoms with Gasteiger partial charge in [0.1, 0.15) is 0 Å². The number of aryl methyl sites for hydroxylation is 1. The second kappa shape index (κ2) is 8.76. The van der Waals surface area contributed by atoms with Gasteiger partial charge in [-0.2, -0.15) is 0 Å². The van der Waals surface area contributed by atoms with E-state index in [4.69, 9.17) is 0 Å². The molecule has 0 spiro atoms. The van der Waals surface area contributed by atoms with E-state index in [9.17, 15) is 18.4 Å². The maximum Gasteiger partial charge on any atom is 0.306 e. The molecule has 0 radical (unpaired) electrons. The van der Waals surface area contributed by atoms with Crippen LogP contribution >= 0.6 is 0 Å². The Hall–Kier alpha value is -1.98. The molecule has 132 valence electrons. The lowest BCUT2D eigenvalue weighted by Gasteiger charge is -2.33. The normalized spacial score (nSPS) is 17.6. The molecule has 1 amide bonds. The number of hydrogen-bond acceptors (Lipinski definition) is 3. The highest BCUT2D eigenvalue weighted by atomic mass is 19.2. The van der Waals surface area contributed by atoms with Crippen LogP contribution in [0, 0.1) is 17.6 Å². The monoisotopic (exact) mass is 339 g/mol. The molecule has 24 heavy (non-hydrogen) atoms. The summed E-state index contributed by atoms with van der Waals surface area (Å²) in [6, 6.07) is 3.98. The van der Waals surface area contributed by atoms with E-state index in [2.05, 4.69) is 4.74 Å². The van der Waals surface area contributed by atoms with Gasteiger partial charge in [-0.05, 0) is 49.3 Å². The van der Waals surface area contributed by atoms with E-state index >= 15 is 0 Å². The lowest BCUT2D eigenvalue weighted by molar-refractivity contribution is -0.144. The lowest BCUT2D eigenvalue weighted by Crippen LogP contribution is -2.40. The van der Waals surface area contributed by atoms with Crippen molar-refractivity contribution in [2.24, 2.45) is 5.92 Å². The maximum atomic E-state index is 13.2. The van der Waals surface area contributed by atoms with Crippen LogP contribution in [0.4, 0.5) is 8.78 Å². The molecule has 1 aliphatic rings. The molecule has 0 N–H and O–H groups in total. The standard InChI is InChI=1S/C18H23F2NO3/c1-24-18(23)9-8-17(22)21-10-2-3-14(12-21)5-4-13-6-7-15(19)16(20)11-13/h6-7,11,14H,2-5,8-10,12H2,1H3/t14-/m1/s1. The summed E-state index contributed by atoms with van der Waals surface area (Å²) in [6.45, 7) is 1.37. The lowest BCUT2D eigenvalue weighted by atomic mass is 9.91. The third kappa shape index (κ3) is 5.28. The van der Waals surface area contributed by atoms with Gasteiger partial charge in [-0.15, -0.1) is 0 Å². The highest BCUT2D eigenvalue weighted by Gasteiger charge is 2.23. The Kier molecular flexibility index (Phi) is 6.70. The van der Waals surface area contributed by atoms with Crippen LogP contribution in [0.15, 0.2) is 18.2 Å². The van der Waals surface area contributed by atoms with E-state index in [1.807, 2.05) is 0 Å². The second-order valence-electron chi connectivity index (χ2n) is 6.21. The summed E-state index contributed by atoms with van der Waals surface area (Å²) < 4.78 is 30.7. The summed E-state index contributed by atoms with van der Waals surface area (Å²) in [4.78, 5) is 25.1. The van der Waals surface area contributed by atoms with E-state index in [-0.39, 0.29) is 24.7 Å². The summed E-state index contributed by atoms with van der Waals surface area (Å²) in [5.41, 5.74) is 0.767. The molecule has 1 aromatic rings. The molecule has 0 unspecified atom stereocenters. The van der Waals surface area contributed by atoms with Crippen LogP contribution in [0.3, 0.4) is 0 Å². The van der Waals surface area contributed by atoms with Crippen molar-refractivity contribution in [1.82, 2.24) is 4.90 Å². The fourth-order valence-electron chi connectivity index (χ4n) is 3.06. The zero-order valence-corrected chi connectivity index (χ0v) is 13.9. The van der Waals surface area contributed by atoms with Crippen LogP contribution in [0.5, 0.6) is 0 Å². The van der Waals surface area contributed by atoms with E-state index < -0.39 is 11.6 Å². The first kappa shape index (κ1) is 18.4. The van der Waals surface area contributed by atoms with Gasteiger partial charge in [0.25, 0.3) is 0 Å². The number of rotatable bonds is 6. The Morgan fingerprint density at radius 1 is 1.25 bits per heavy atom. The van der Waals surface area contributed by atoms with Crippen molar-refractivity contribution in [3.05, 3.63) is 35.4 Å². The van der Waals surface area contributed by atoms with Crippen LogP contribution in [0.25, 0.3) is 0 Å². The number of benzene rings is 1. The number of esters is 1. The van der Waals surface area contributed by atoms with Crippen LogP contribution in [-0.4, -0.2) is 37.0 Å². The topological polar surface area (TPSA) is 46.6 Å². The molecule has 6 heteroatoms. The number of methoxy groups -OCH3 is 1. The number of nitrogens with zero attached hydrogens (tertiary/aromatic N) is 1. The fraction of sp³-hybridized carbons (Fsp3) is 0.556. The quantitative estimate of drug-likeness (QED) is 0.748. The third-order valence-electron chi connectivity index (χ3n) is 4.47. The molecule has 1 fully saturated rings. The van der Waals surface area contributed by atoms with Crippen molar-refractivity contribution in [2.45, 2.75) is 38.5 Å². The number of halogens is 2. The van der Waals surface area contributed by atoms with Gasteiger partial charge in [0.15, 0.2) is 11.6 Å². The van der Waals surface area contributed by atoms with Gasteiger partial charge in [-0.1, -0.05) is 6.07 Å². The van der Waals surface area contributed by atoms with E-state index in [0.29, 0.717) is 25.4 Å². The number of likely N-dealkylation sites (tertiary alicyclic amines) is 1. The molecule has 0 bridgehead atoms. The van der Waals surface area contributed by atoms with Crippen molar-refractivity contribution in [3.8, 4) is 0 Å². The summed E-state index contributed by atoms with van der Waals surface area (Å²) >= 11 is 0. The zero-order valence-electron chi connectivity index (χ0n) is 13.9. The molecule has 1 saturated heterocycles. The SMILES string of the molecule is COC(=O)CCC(=O)N1CCC[C@H](CCc2ccc(F)c(F)c2)C1. The Balaban J connectivity index is 1.80. The largest absolute Gasteiger partial charge is 0.469 e. The van der Waals surface area contributed by atoms with Gasteiger partial charge in [-0.25, -0.2) is 8.78 Å². The number of carbonyl (C=O) groups excluding carboxylic acids is 2. The highest BCUT2D eigenvalue weighted by Crippen LogP contribution is 2.23. The Morgan fingerprint density at radius 2 is 2.04 bits per heavy atom. The minimum absolute atomic E-state index is 0.0297. The fourth-order valence-corrected chi connectivity index (χ4v) is 3.06. The van der Waals surface area contributed by atoms with Gasteiger partial charge >= 0.3 is 5.97 Å². The van der Waals surface area contributed by atoms with Gasteiger partial charge in [0, 0.05) is 19.5 Å². The second-order valence-corrected chi connectivity index (χ2v) is 6.21. The van der Waals surface area contributed by atoms with Crippen molar-refractivity contribution >= 4 is 11.9 Å². The smallest absolute Gasteiger partial charge is 0.306 e. The number of amides is 1. The van der Waals surface area contributed by atoms with Gasteiger partial charge in [-0.3, -0.25) is 9.59 Å². The molecule has 0 aliphatic carbocycles. The van der Waals surface area contributed by atoms with Gasteiger partial charge in [0.2, 0.25) is 5.91 Å². The summed E-state index contributed by atoms with van der Waals surface area (Å²) in [6.07, 6.45) is 3.70. The maximum absolute atomic E-state index is 13.2. The molecule has 1 heterocycles. The first-order valence-corrected chi connectivity index (χ1v) is 8.28. The molecular weight excluding hydrogens is 316 g/mol. The summed E-state index contributed by atoms with van der Waals surface area (Å²) in [5.74, 6) is -1.73. The van der Waals surface area contributed by atoms with Crippen molar-refractivity contribution in [3.63, 3.8) is 0 Å². The van der Waals surface area contributed by atoms with Crippen LogP contribution < -0.4 is 0 Å². The molecule has 1 aliphatic heterocycles. The number of ether oxygens (including phenoxy) is 1. The average Bonchev–Trinajstić information content (AvgIpc) is 2.60. The minimum atomic E-state index is -0.834. The van der Waals surface area contributed by atoms with Crippen LogP contribution in [0.2, 0.25) is 0 Å².